The Morgan fingerprint density at radius 3 is 2.32 bits per heavy atom. The van der Waals surface area contributed by atoms with Gasteiger partial charge in [0.25, 0.3) is 5.91 Å². The van der Waals surface area contributed by atoms with Crippen LogP contribution in [0.4, 0.5) is 0 Å². The second-order valence-electron chi connectivity index (χ2n) is 6.06. The third-order valence-electron chi connectivity index (χ3n) is 4.75. The minimum atomic E-state index is 0.0777. The van der Waals surface area contributed by atoms with Crippen LogP contribution in [-0.4, -0.2) is 36.0 Å². The van der Waals surface area contributed by atoms with E-state index in [9.17, 15) is 4.79 Å². The molecule has 3 atom stereocenters. The summed E-state index contributed by atoms with van der Waals surface area (Å²) in [5.74, 6) is 0.0777. The Morgan fingerprint density at radius 1 is 1.16 bits per heavy atom. The van der Waals surface area contributed by atoms with Gasteiger partial charge in [0, 0.05) is 23.7 Å². The zero-order valence-corrected chi connectivity index (χ0v) is 11.7. The predicted molar refractivity (Wildman–Crippen MR) is 76.2 cm³/mol. The van der Waals surface area contributed by atoms with Gasteiger partial charge in [-0.05, 0) is 51.8 Å². The first-order valence-corrected chi connectivity index (χ1v) is 7.23. The zero-order chi connectivity index (χ0) is 13.4. The molecule has 2 fully saturated rings. The van der Waals surface area contributed by atoms with Crippen molar-refractivity contribution in [1.82, 2.24) is 10.2 Å². The Morgan fingerprint density at radius 2 is 1.74 bits per heavy atom. The van der Waals surface area contributed by atoms with Crippen LogP contribution >= 0.6 is 0 Å². The first-order chi connectivity index (χ1) is 9.13. The van der Waals surface area contributed by atoms with Gasteiger partial charge in [0.2, 0.25) is 0 Å². The monoisotopic (exact) mass is 258 g/mol. The second-order valence-corrected chi connectivity index (χ2v) is 6.06. The highest BCUT2D eigenvalue weighted by atomic mass is 16.1. The van der Waals surface area contributed by atoms with Gasteiger partial charge in [-0.25, -0.2) is 0 Å². The Bertz CT molecular complexity index is 454. The lowest BCUT2D eigenvalue weighted by molar-refractivity contribution is 0.0882. The predicted octanol–water partition coefficient (Wildman–Crippen LogP) is 2.35. The molecule has 2 aliphatic rings. The molecule has 3 rings (SSSR count). The minimum absolute atomic E-state index is 0.0777. The highest BCUT2D eigenvalue weighted by Gasteiger charge is 2.38. The molecule has 2 heterocycles. The first kappa shape index (κ1) is 12.7. The van der Waals surface area contributed by atoms with Crippen LogP contribution in [-0.2, 0) is 0 Å². The van der Waals surface area contributed by atoms with E-state index in [-0.39, 0.29) is 5.91 Å². The number of nitrogens with one attached hydrogen (secondary N) is 1. The summed E-state index contributed by atoms with van der Waals surface area (Å²) in [5.41, 5.74) is 1.96. The van der Waals surface area contributed by atoms with Crippen molar-refractivity contribution in [2.24, 2.45) is 0 Å². The van der Waals surface area contributed by atoms with Crippen molar-refractivity contribution in [1.29, 1.82) is 0 Å². The first-order valence-electron chi connectivity index (χ1n) is 7.23. The highest BCUT2D eigenvalue weighted by Crippen LogP contribution is 2.34. The maximum atomic E-state index is 12.2. The molecule has 1 aromatic rings. The number of carbonyl (C=O) groups is 1. The van der Waals surface area contributed by atoms with Gasteiger partial charge in [0.05, 0.1) is 0 Å². The molecule has 2 bridgehead atoms. The number of aryl methyl sites for hydroxylation is 1. The van der Waals surface area contributed by atoms with Crippen molar-refractivity contribution in [3.8, 4) is 0 Å². The van der Waals surface area contributed by atoms with E-state index in [0.29, 0.717) is 18.1 Å². The van der Waals surface area contributed by atoms with E-state index in [2.05, 4.69) is 17.3 Å². The van der Waals surface area contributed by atoms with Crippen LogP contribution in [0.1, 0.15) is 41.6 Å². The summed E-state index contributed by atoms with van der Waals surface area (Å²) in [4.78, 5) is 14.7. The molecule has 102 valence electrons. The molecule has 1 unspecified atom stereocenters. The van der Waals surface area contributed by atoms with E-state index in [1.807, 2.05) is 31.2 Å². The summed E-state index contributed by atoms with van der Waals surface area (Å²) in [6, 6.07) is 9.50. The number of hydrogen-bond donors (Lipinski definition) is 1. The standard InChI is InChI=1S/C16H22N2O/c1-11-3-5-12(6-4-11)16(19)17-13-9-14-7-8-15(10-13)18(14)2/h3-6,13-15H,7-10H2,1-2H3,(H,17,19)/t13?,14-,15+. The summed E-state index contributed by atoms with van der Waals surface area (Å²) in [6.45, 7) is 2.04. The summed E-state index contributed by atoms with van der Waals surface area (Å²) >= 11 is 0. The number of piperidine rings is 1. The molecule has 1 N–H and O–H groups in total. The van der Waals surface area contributed by atoms with Crippen LogP contribution in [0.25, 0.3) is 0 Å². The molecule has 3 nitrogen and oxygen atoms in total. The van der Waals surface area contributed by atoms with Gasteiger partial charge in [-0.2, -0.15) is 0 Å². The summed E-state index contributed by atoms with van der Waals surface area (Å²) in [7, 11) is 2.22. The summed E-state index contributed by atoms with van der Waals surface area (Å²) in [6.07, 6.45) is 4.78. The fourth-order valence-electron chi connectivity index (χ4n) is 3.50. The fourth-order valence-corrected chi connectivity index (χ4v) is 3.50. The SMILES string of the molecule is Cc1ccc(C(=O)NC2C[C@H]3CC[C@@H](C2)N3C)cc1. The maximum Gasteiger partial charge on any atom is 0.251 e. The van der Waals surface area contributed by atoms with E-state index in [1.165, 1.54) is 18.4 Å². The molecule has 0 saturated carbocycles. The number of rotatable bonds is 2. The van der Waals surface area contributed by atoms with E-state index >= 15 is 0 Å². The van der Waals surface area contributed by atoms with Gasteiger partial charge in [-0.15, -0.1) is 0 Å². The topological polar surface area (TPSA) is 32.3 Å². The zero-order valence-electron chi connectivity index (χ0n) is 11.7. The lowest BCUT2D eigenvalue weighted by atomic mass is 9.97. The number of nitrogens with zero attached hydrogens (tertiary/aromatic N) is 1. The fraction of sp³-hybridized carbons (Fsp3) is 0.562. The van der Waals surface area contributed by atoms with Gasteiger partial charge in [-0.3, -0.25) is 4.79 Å². The van der Waals surface area contributed by atoms with Crippen molar-refractivity contribution >= 4 is 5.91 Å². The van der Waals surface area contributed by atoms with Crippen molar-refractivity contribution in [3.63, 3.8) is 0 Å². The molecule has 0 aromatic heterocycles. The van der Waals surface area contributed by atoms with E-state index in [0.717, 1.165) is 18.4 Å². The Labute approximate surface area is 115 Å². The maximum absolute atomic E-state index is 12.2. The number of carbonyl (C=O) groups excluding carboxylic acids is 1. The molecule has 0 aliphatic carbocycles. The van der Waals surface area contributed by atoms with Crippen molar-refractivity contribution in [3.05, 3.63) is 35.4 Å². The van der Waals surface area contributed by atoms with Gasteiger partial charge in [0.1, 0.15) is 0 Å². The molecule has 19 heavy (non-hydrogen) atoms. The summed E-state index contributed by atoms with van der Waals surface area (Å²) < 4.78 is 0. The van der Waals surface area contributed by atoms with Gasteiger partial charge < -0.3 is 10.2 Å². The molecule has 0 radical (unpaired) electrons. The van der Waals surface area contributed by atoms with Gasteiger partial charge in [0.15, 0.2) is 0 Å². The molecule has 2 saturated heterocycles. The molecule has 1 aromatic carbocycles. The third-order valence-corrected chi connectivity index (χ3v) is 4.75. The smallest absolute Gasteiger partial charge is 0.251 e. The van der Waals surface area contributed by atoms with E-state index < -0.39 is 0 Å². The normalized spacial score (nSPS) is 30.3. The number of fused-ring (bicyclic) bond motifs is 2. The Hall–Kier alpha value is -1.35. The van der Waals surface area contributed by atoms with Crippen molar-refractivity contribution < 1.29 is 4.79 Å². The Balaban J connectivity index is 1.63. The number of amides is 1. The van der Waals surface area contributed by atoms with Crippen LogP contribution in [0, 0.1) is 6.92 Å². The molecular weight excluding hydrogens is 236 g/mol. The van der Waals surface area contributed by atoms with Crippen LogP contribution in [0.3, 0.4) is 0 Å². The van der Waals surface area contributed by atoms with Crippen LogP contribution in [0.2, 0.25) is 0 Å². The van der Waals surface area contributed by atoms with E-state index in [1.54, 1.807) is 0 Å². The van der Waals surface area contributed by atoms with Crippen LogP contribution < -0.4 is 5.32 Å². The quantitative estimate of drug-likeness (QED) is 0.883. The molecular formula is C16H22N2O. The average molecular weight is 258 g/mol. The largest absolute Gasteiger partial charge is 0.349 e. The second kappa shape index (κ2) is 4.97. The van der Waals surface area contributed by atoms with E-state index in [4.69, 9.17) is 0 Å². The van der Waals surface area contributed by atoms with Crippen molar-refractivity contribution in [2.75, 3.05) is 7.05 Å². The highest BCUT2D eigenvalue weighted by molar-refractivity contribution is 5.94. The molecule has 2 aliphatic heterocycles. The molecule has 0 spiro atoms. The van der Waals surface area contributed by atoms with Crippen LogP contribution in [0.15, 0.2) is 24.3 Å². The number of hydrogen-bond acceptors (Lipinski definition) is 2. The van der Waals surface area contributed by atoms with Gasteiger partial charge in [-0.1, -0.05) is 17.7 Å². The van der Waals surface area contributed by atoms with Crippen LogP contribution in [0.5, 0.6) is 0 Å². The Kier molecular flexibility index (Phi) is 3.31. The lowest BCUT2D eigenvalue weighted by Crippen LogP contribution is -2.48. The minimum Gasteiger partial charge on any atom is -0.349 e. The lowest BCUT2D eigenvalue weighted by Gasteiger charge is -2.36. The summed E-state index contributed by atoms with van der Waals surface area (Å²) in [5, 5.41) is 3.21. The van der Waals surface area contributed by atoms with Crippen molar-refractivity contribution in [2.45, 2.75) is 50.7 Å². The number of benzene rings is 1. The molecule has 1 amide bonds. The average Bonchev–Trinajstić information content (AvgIpc) is 2.63. The molecule has 3 heteroatoms. The van der Waals surface area contributed by atoms with Gasteiger partial charge >= 0.3 is 0 Å². The third kappa shape index (κ3) is 2.52.